The number of nitrogens with two attached hydrogens (primary N) is 1. The van der Waals surface area contributed by atoms with Gasteiger partial charge >= 0.3 is 0 Å². The number of fused-ring (bicyclic) bond motifs is 1. The number of nitrogen functional groups attached to an aromatic ring is 1. The molecule has 0 bridgehead atoms. The van der Waals surface area contributed by atoms with Crippen molar-refractivity contribution in [2.24, 2.45) is 5.73 Å². The van der Waals surface area contributed by atoms with E-state index in [1.165, 1.54) is 31.5 Å². The molecule has 0 spiro atoms. The Morgan fingerprint density at radius 2 is 2.24 bits per heavy atom. The van der Waals surface area contributed by atoms with Crippen LogP contribution in [0.4, 0.5) is 0 Å². The lowest BCUT2D eigenvalue weighted by Gasteiger charge is -2.37. The lowest BCUT2D eigenvalue weighted by molar-refractivity contribution is 0.0993. The van der Waals surface area contributed by atoms with E-state index < -0.39 is 0 Å². The van der Waals surface area contributed by atoms with Gasteiger partial charge in [-0.15, -0.1) is 0 Å². The summed E-state index contributed by atoms with van der Waals surface area (Å²) in [6.07, 6.45) is 2.67. The SMILES string of the molecule is COc1ccc(CN2CCN3CCCC3C2)cc1C(=N)N. The predicted molar refractivity (Wildman–Crippen MR) is 83.9 cm³/mol. The fourth-order valence-corrected chi connectivity index (χ4v) is 3.52. The number of nitrogens with one attached hydrogen (secondary N) is 1. The molecule has 114 valence electrons. The summed E-state index contributed by atoms with van der Waals surface area (Å²) in [7, 11) is 1.61. The van der Waals surface area contributed by atoms with E-state index in [0.717, 1.165) is 25.7 Å². The molecule has 1 atom stereocenters. The molecule has 1 aromatic rings. The van der Waals surface area contributed by atoms with E-state index in [2.05, 4.69) is 15.9 Å². The number of hydrogen-bond acceptors (Lipinski definition) is 4. The van der Waals surface area contributed by atoms with Crippen LogP contribution in [-0.4, -0.2) is 55.0 Å². The zero-order chi connectivity index (χ0) is 14.8. The van der Waals surface area contributed by atoms with Crippen molar-refractivity contribution in [3.05, 3.63) is 29.3 Å². The molecule has 1 unspecified atom stereocenters. The third-order valence-electron chi connectivity index (χ3n) is 4.63. The maximum Gasteiger partial charge on any atom is 0.129 e. The van der Waals surface area contributed by atoms with Crippen LogP contribution >= 0.6 is 0 Å². The monoisotopic (exact) mass is 288 g/mol. The highest BCUT2D eigenvalue weighted by Crippen LogP contribution is 2.24. The summed E-state index contributed by atoms with van der Waals surface area (Å²) in [5.74, 6) is 0.737. The first-order valence-electron chi connectivity index (χ1n) is 7.65. The molecule has 0 aliphatic carbocycles. The van der Waals surface area contributed by atoms with Crippen LogP contribution < -0.4 is 10.5 Å². The lowest BCUT2D eigenvalue weighted by Crippen LogP contribution is -2.49. The Bertz CT molecular complexity index is 531. The molecule has 0 radical (unpaired) electrons. The summed E-state index contributed by atoms with van der Waals surface area (Å²) >= 11 is 0. The Hall–Kier alpha value is -1.59. The fraction of sp³-hybridized carbons (Fsp3) is 0.562. The van der Waals surface area contributed by atoms with E-state index >= 15 is 0 Å². The third kappa shape index (κ3) is 3.04. The Morgan fingerprint density at radius 1 is 1.38 bits per heavy atom. The average molecular weight is 288 g/mol. The molecule has 5 nitrogen and oxygen atoms in total. The molecular formula is C16H24N4O. The summed E-state index contributed by atoms with van der Waals surface area (Å²) < 4.78 is 5.27. The smallest absolute Gasteiger partial charge is 0.129 e. The first-order chi connectivity index (χ1) is 10.2. The van der Waals surface area contributed by atoms with Gasteiger partial charge in [0.1, 0.15) is 11.6 Å². The number of nitrogens with zero attached hydrogens (tertiary/aromatic N) is 2. The summed E-state index contributed by atoms with van der Waals surface area (Å²) in [6.45, 7) is 5.66. The molecule has 2 aliphatic heterocycles. The molecule has 0 aromatic heterocycles. The number of piperazine rings is 1. The van der Waals surface area contributed by atoms with Crippen LogP contribution in [0.2, 0.25) is 0 Å². The van der Waals surface area contributed by atoms with Gasteiger partial charge in [0.15, 0.2) is 0 Å². The number of hydrogen-bond donors (Lipinski definition) is 2. The van der Waals surface area contributed by atoms with Crippen LogP contribution in [0.1, 0.15) is 24.0 Å². The lowest BCUT2D eigenvalue weighted by atomic mass is 10.1. The quantitative estimate of drug-likeness (QED) is 0.646. The van der Waals surface area contributed by atoms with Gasteiger partial charge in [0.2, 0.25) is 0 Å². The highest BCUT2D eigenvalue weighted by Gasteiger charge is 2.30. The minimum atomic E-state index is 0.0642. The maximum absolute atomic E-state index is 7.67. The van der Waals surface area contributed by atoms with Crippen molar-refractivity contribution >= 4 is 5.84 Å². The molecule has 5 heteroatoms. The van der Waals surface area contributed by atoms with Crippen molar-refractivity contribution in [1.82, 2.24) is 9.80 Å². The number of ether oxygens (including phenoxy) is 1. The van der Waals surface area contributed by atoms with Crippen LogP contribution in [0.3, 0.4) is 0 Å². The van der Waals surface area contributed by atoms with Gasteiger partial charge in [-0.25, -0.2) is 0 Å². The molecule has 0 saturated carbocycles. The predicted octanol–water partition coefficient (Wildman–Crippen LogP) is 1.26. The van der Waals surface area contributed by atoms with Crippen LogP contribution in [-0.2, 0) is 6.54 Å². The summed E-state index contributed by atoms with van der Waals surface area (Å²) in [6, 6.07) is 6.72. The molecule has 21 heavy (non-hydrogen) atoms. The second-order valence-electron chi connectivity index (χ2n) is 6.02. The molecule has 2 heterocycles. The van der Waals surface area contributed by atoms with Crippen molar-refractivity contribution in [2.45, 2.75) is 25.4 Å². The summed E-state index contributed by atoms with van der Waals surface area (Å²) in [5.41, 5.74) is 7.54. The van der Waals surface area contributed by atoms with E-state index in [-0.39, 0.29) is 5.84 Å². The van der Waals surface area contributed by atoms with E-state index in [0.29, 0.717) is 11.3 Å². The van der Waals surface area contributed by atoms with Crippen molar-refractivity contribution in [3.8, 4) is 5.75 Å². The van der Waals surface area contributed by atoms with Crippen LogP contribution in [0.15, 0.2) is 18.2 Å². The Morgan fingerprint density at radius 3 is 3.00 bits per heavy atom. The highest BCUT2D eigenvalue weighted by molar-refractivity contribution is 5.97. The van der Waals surface area contributed by atoms with Gasteiger partial charge in [-0.05, 0) is 37.1 Å². The number of rotatable bonds is 4. The van der Waals surface area contributed by atoms with Crippen LogP contribution in [0, 0.1) is 5.41 Å². The molecule has 2 saturated heterocycles. The standard InChI is InChI=1S/C16H24N4O/c1-21-15-5-4-12(9-14(15)16(17)18)10-19-7-8-20-6-2-3-13(20)11-19/h4-5,9,13H,2-3,6-8,10-11H2,1H3,(H3,17,18). The molecule has 2 aliphatic rings. The number of methoxy groups -OCH3 is 1. The van der Waals surface area contributed by atoms with Gasteiger partial charge in [0, 0.05) is 32.2 Å². The van der Waals surface area contributed by atoms with Gasteiger partial charge in [-0.3, -0.25) is 15.2 Å². The Labute approximate surface area is 126 Å². The second-order valence-corrected chi connectivity index (χ2v) is 6.02. The number of amidine groups is 1. The minimum Gasteiger partial charge on any atom is -0.496 e. The van der Waals surface area contributed by atoms with Gasteiger partial charge in [-0.1, -0.05) is 6.07 Å². The molecule has 3 rings (SSSR count). The zero-order valence-electron chi connectivity index (χ0n) is 12.6. The van der Waals surface area contributed by atoms with Gasteiger partial charge < -0.3 is 10.5 Å². The van der Waals surface area contributed by atoms with Crippen molar-refractivity contribution in [3.63, 3.8) is 0 Å². The molecule has 0 amide bonds. The van der Waals surface area contributed by atoms with Crippen molar-refractivity contribution < 1.29 is 4.74 Å². The van der Waals surface area contributed by atoms with Crippen molar-refractivity contribution in [1.29, 1.82) is 5.41 Å². The zero-order valence-corrected chi connectivity index (χ0v) is 12.6. The molecule has 3 N–H and O–H groups in total. The largest absolute Gasteiger partial charge is 0.496 e. The summed E-state index contributed by atoms with van der Waals surface area (Å²) in [5, 5.41) is 7.67. The molecule has 1 aromatic carbocycles. The van der Waals surface area contributed by atoms with E-state index in [9.17, 15) is 0 Å². The normalized spacial score (nSPS) is 23.0. The maximum atomic E-state index is 7.67. The second kappa shape index (κ2) is 6.03. The van der Waals surface area contributed by atoms with Crippen molar-refractivity contribution in [2.75, 3.05) is 33.3 Å². The minimum absolute atomic E-state index is 0.0642. The molecular weight excluding hydrogens is 264 g/mol. The van der Waals surface area contributed by atoms with Crippen LogP contribution in [0.5, 0.6) is 5.75 Å². The average Bonchev–Trinajstić information content (AvgIpc) is 2.94. The van der Waals surface area contributed by atoms with E-state index in [4.69, 9.17) is 15.9 Å². The molecule has 2 fully saturated rings. The topological polar surface area (TPSA) is 65.6 Å². The summed E-state index contributed by atoms with van der Waals surface area (Å²) in [4.78, 5) is 5.13. The van der Waals surface area contributed by atoms with E-state index in [1.54, 1.807) is 7.11 Å². The highest BCUT2D eigenvalue weighted by atomic mass is 16.5. The number of benzene rings is 1. The Kier molecular flexibility index (Phi) is 4.12. The van der Waals surface area contributed by atoms with Gasteiger partial charge in [0.25, 0.3) is 0 Å². The van der Waals surface area contributed by atoms with Gasteiger partial charge in [0.05, 0.1) is 12.7 Å². The fourth-order valence-electron chi connectivity index (χ4n) is 3.52. The van der Waals surface area contributed by atoms with Crippen LogP contribution in [0.25, 0.3) is 0 Å². The van der Waals surface area contributed by atoms with Gasteiger partial charge in [-0.2, -0.15) is 0 Å². The van der Waals surface area contributed by atoms with E-state index in [1.807, 2.05) is 12.1 Å². The first-order valence-corrected chi connectivity index (χ1v) is 7.65. The first kappa shape index (κ1) is 14.4. The third-order valence-corrected chi connectivity index (χ3v) is 4.63. The Balaban J connectivity index is 1.70.